The highest BCUT2D eigenvalue weighted by Crippen LogP contribution is 2.38. The summed E-state index contributed by atoms with van der Waals surface area (Å²) in [7, 11) is 0. The first-order valence-electron chi connectivity index (χ1n) is 29.0. The summed E-state index contributed by atoms with van der Waals surface area (Å²) in [5.74, 6) is 2.39. The Morgan fingerprint density at radius 2 is 0.722 bits per heavy atom. The predicted octanol–water partition coefficient (Wildman–Crippen LogP) is 12.3. The number of hydrogen-bond acceptors (Lipinski definition) is 12. The van der Waals surface area contributed by atoms with Crippen molar-refractivity contribution in [3.63, 3.8) is 0 Å². The Hall–Kier alpha value is -1.83. The van der Waals surface area contributed by atoms with Crippen LogP contribution >= 0.6 is 0 Å². The third-order valence-electron chi connectivity index (χ3n) is 15.7. The highest BCUT2D eigenvalue weighted by atomic mass is 15.4. The van der Waals surface area contributed by atoms with Gasteiger partial charge in [-0.3, -0.25) is 0 Å². The molecule has 420 valence electrons. The summed E-state index contributed by atoms with van der Waals surface area (Å²) in [5.41, 5.74) is 0.472. The summed E-state index contributed by atoms with van der Waals surface area (Å²) in [4.78, 5) is 22.0. The first-order valence-corrected chi connectivity index (χ1v) is 29.0. The summed E-state index contributed by atoms with van der Waals surface area (Å²) >= 11 is 0. The first-order chi connectivity index (χ1) is 32.3. The molecule has 72 heavy (non-hydrogen) atoms. The molecule has 12 nitrogen and oxygen atoms in total. The molecule has 0 unspecified atom stereocenters. The summed E-state index contributed by atoms with van der Waals surface area (Å²) in [6, 6.07) is 1.71. The number of hydrogen-bond donors (Lipinski definition) is 7. The van der Waals surface area contributed by atoms with Crippen LogP contribution in [0.2, 0.25) is 0 Å². The molecule has 0 aliphatic carbocycles. The summed E-state index contributed by atoms with van der Waals surface area (Å²) in [5, 5.41) is 27.5. The predicted molar refractivity (Wildman–Crippen MR) is 313 cm³/mol. The van der Waals surface area contributed by atoms with Crippen LogP contribution in [0.4, 0.5) is 17.8 Å². The molecule has 0 spiro atoms. The van der Waals surface area contributed by atoms with Crippen molar-refractivity contribution in [2.75, 3.05) is 41.3 Å². The van der Waals surface area contributed by atoms with E-state index >= 15 is 0 Å². The maximum absolute atomic E-state index is 5.71. The van der Waals surface area contributed by atoms with E-state index < -0.39 is 0 Å². The van der Waals surface area contributed by atoms with Gasteiger partial charge in [0.25, 0.3) is 0 Å². The second-order valence-corrected chi connectivity index (χ2v) is 31.0. The number of aromatic nitrogens is 3. The molecule has 0 amide bonds. The zero-order chi connectivity index (χ0) is 53.1. The van der Waals surface area contributed by atoms with Gasteiger partial charge in [0, 0.05) is 87.1 Å². The minimum Gasteiger partial charge on any atom is -0.349 e. The van der Waals surface area contributed by atoms with Crippen LogP contribution in [0.1, 0.15) is 262 Å². The van der Waals surface area contributed by atoms with Gasteiger partial charge in [-0.25, -0.2) is 0 Å². The summed E-state index contributed by atoms with van der Waals surface area (Å²) < 4.78 is 0. The quantitative estimate of drug-likeness (QED) is 0.0527. The second-order valence-electron chi connectivity index (χ2n) is 31.0. The van der Waals surface area contributed by atoms with Gasteiger partial charge in [0.15, 0.2) is 0 Å². The highest BCUT2D eigenvalue weighted by Gasteiger charge is 2.44. The normalized spacial score (nSPS) is 24.1. The van der Waals surface area contributed by atoms with Crippen LogP contribution in [-0.4, -0.2) is 115 Å². The zero-order valence-electron chi connectivity index (χ0n) is 50.4. The van der Waals surface area contributed by atoms with E-state index in [9.17, 15) is 0 Å². The van der Waals surface area contributed by atoms with E-state index in [1.165, 1.54) is 64.2 Å². The van der Waals surface area contributed by atoms with Crippen LogP contribution in [0.25, 0.3) is 0 Å². The van der Waals surface area contributed by atoms with Crippen LogP contribution < -0.4 is 47.0 Å². The van der Waals surface area contributed by atoms with Gasteiger partial charge in [0.2, 0.25) is 17.8 Å². The van der Waals surface area contributed by atoms with E-state index in [4.69, 9.17) is 15.0 Å². The fourth-order valence-corrected chi connectivity index (χ4v) is 15.3. The lowest BCUT2D eigenvalue weighted by atomic mass is 9.79. The van der Waals surface area contributed by atoms with Crippen LogP contribution in [0, 0.1) is 5.41 Å². The lowest BCUT2D eigenvalue weighted by Gasteiger charge is -2.50. The molecule has 4 aliphatic heterocycles. The Kier molecular flexibility index (Phi) is 20.7. The lowest BCUT2D eigenvalue weighted by Crippen LogP contribution is -2.63. The second kappa shape index (κ2) is 23.8. The van der Waals surface area contributed by atoms with E-state index in [1.807, 2.05) is 0 Å². The highest BCUT2D eigenvalue weighted by molar-refractivity contribution is 5.48. The number of nitrogens with one attached hydrogen (secondary N) is 7. The fraction of sp³-hybridized carbons (Fsp3) is 0.950. The molecule has 1 aromatic heterocycles. The minimum atomic E-state index is -0.220. The number of nitrogens with zero attached hydrogens (tertiary/aromatic N) is 5. The van der Waals surface area contributed by atoms with Crippen molar-refractivity contribution in [1.82, 2.24) is 46.9 Å². The molecular weight excluding hydrogens is 889 g/mol. The van der Waals surface area contributed by atoms with Crippen molar-refractivity contribution in [3.8, 4) is 0 Å². The van der Waals surface area contributed by atoms with E-state index in [0.29, 0.717) is 30.1 Å². The van der Waals surface area contributed by atoms with Crippen LogP contribution in [0.5, 0.6) is 0 Å². The molecule has 4 fully saturated rings. The van der Waals surface area contributed by atoms with E-state index in [-0.39, 0.29) is 62.7 Å². The van der Waals surface area contributed by atoms with E-state index in [2.05, 4.69) is 192 Å². The maximum Gasteiger partial charge on any atom is 0.232 e. The van der Waals surface area contributed by atoms with Gasteiger partial charge < -0.3 is 47.0 Å². The maximum atomic E-state index is 5.71. The van der Waals surface area contributed by atoms with Crippen molar-refractivity contribution in [2.24, 2.45) is 5.41 Å². The van der Waals surface area contributed by atoms with Gasteiger partial charge in [0.05, 0.1) is 0 Å². The molecule has 5 heterocycles. The van der Waals surface area contributed by atoms with Crippen molar-refractivity contribution < 1.29 is 0 Å². The number of unbranched alkanes of at least 4 members (excludes halogenated alkanes) is 6. The number of rotatable bonds is 23. The SMILES string of the molecule is C.CC(C)(C)CC(C)(C)Nc1nc(N(CCCCCCNC2CC(C)(C)NC(C)(C)C2)C2CC(C)(C)NC(C)(C)C2)nc(N(CCCCCCNC2CC(C)(C)NC(C)(C)C2)C2CC(C)(C)NC(C)(C)C2)n1. The van der Waals surface area contributed by atoms with Crippen molar-refractivity contribution in [1.29, 1.82) is 0 Å². The van der Waals surface area contributed by atoms with Crippen LogP contribution in [0.15, 0.2) is 0 Å². The Morgan fingerprint density at radius 1 is 0.431 bits per heavy atom. The molecule has 4 saturated heterocycles. The zero-order valence-corrected chi connectivity index (χ0v) is 50.4. The molecule has 1 aromatic rings. The molecule has 4 aliphatic rings. The Morgan fingerprint density at radius 3 is 1.03 bits per heavy atom. The topological polar surface area (TPSA) is 129 Å². The monoisotopic (exact) mass is 1010 g/mol. The van der Waals surface area contributed by atoms with Gasteiger partial charge in [0.1, 0.15) is 0 Å². The molecule has 0 radical (unpaired) electrons. The number of piperidine rings is 4. The molecule has 12 heteroatoms. The smallest absolute Gasteiger partial charge is 0.232 e. The first kappa shape index (κ1) is 62.7. The largest absolute Gasteiger partial charge is 0.349 e. The van der Waals surface area contributed by atoms with Crippen LogP contribution in [0.3, 0.4) is 0 Å². The molecular formula is C60H120N12. The van der Waals surface area contributed by atoms with Crippen molar-refractivity contribution >= 4 is 17.8 Å². The average Bonchev–Trinajstić information content (AvgIpc) is 3.10. The molecule has 0 bridgehead atoms. The Labute approximate surface area is 445 Å². The number of anilines is 3. The van der Waals surface area contributed by atoms with E-state index in [0.717, 1.165) is 83.0 Å². The summed E-state index contributed by atoms with van der Waals surface area (Å²) in [6.07, 6.45) is 19.3. The molecule has 0 saturated carbocycles. The minimum absolute atomic E-state index is 0. The van der Waals surface area contributed by atoms with Gasteiger partial charge in [-0.1, -0.05) is 53.9 Å². The summed E-state index contributed by atoms with van der Waals surface area (Å²) in [6.45, 7) is 53.5. The lowest BCUT2D eigenvalue weighted by molar-refractivity contribution is 0.145. The molecule has 5 rings (SSSR count). The van der Waals surface area contributed by atoms with Crippen molar-refractivity contribution in [3.05, 3.63) is 0 Å². The van der Waals surface area contributed by atoms with Gasteiger partial charge >= 0.3 is 0 Å². The Bertz CT molecular complexity index is 1650. The molecule has 0 aromatic carbocycles. The third kappa shape index (κ3) is 20.9. The fourth-order valence-electron chi connectivity index (χ4n) is 15.3. The average molecular weight is 1010 g/mol. The Balaban J connectivity index is 0.0000112. The standard InChI is InChI=1S/C59H116N12.CH4/c1-50(2,3)42-59(20,21)65-47-62-48(70(45-38-55(12,13)68-56(14,15)39-45)32-28-24-22-26-30-60-43-34-51(4,5)66-52(6,7)35-43)64-49(63-47)71(46-40-57(16,17)69-58(18,19)41-46)33-29-25-23-27-31-61-44-36-53(8,9)67-54(10,11)37-44;/h43-46,60-61,66-69H,22-42H2,1-21H3,(H,62,63,64,65);1H4. The van der Waals surface area contributed by atoms with E-state index in [1.54, 1.807) is 0 Å². The van der Waals surface area contributed by atoms with Gasteiger partial charge in [-0.15, -0.1) is 0 Å². The molecule has 0 atom stereocenters. The van der Waals surface area contributed by atoms with Crippen molar-refractivity contribution in [2.45, 2.75) is 336 Å². The third-order valence-corrected chi connectivity index (χ3v) is 15.7. The van der Waals surface area contributed by atoms with Gasteiger partial charge in [-0.05, 0) is 227 Å². The van der Waals surface area contributed by atoms with Crippen LogP contribution in [-0.2, 0) is 0 Å². The molecule has 7 N–H and O–H groups in total. The van der Waals surface area contributed by atoms with Gasteiger partial charge in [-0.2, -0.15) is 15.0 Å².